The summed E-state index contributed by atoms with van der Waals surface area (Å²) in [4.78, 5) is 2.05. The molecule has 0 heterocycles. The number of benzene rings is 1. The maximum absolute atomic E-state index is 6.17. The second-order valence-electron chi connectivity index (χ2n) is 3.28. The van der Waals surface area contributed by atoms with Crippen molar-refractivity contribution in [3.8, 4) is 5.75 Å². The van der Waals surface area contributed by atoms with Gasteiger partial charge in [0.1, 0.15) is 5.75 Å². The normalized spacial score (nSPS) is 10.7. The molecule has 0 N–H and O–H groups in total. The Morgan fingerprint density at radius 3 is 2.57 bits per heavy atom. The zero-order chi connectivity index (χ0) is 10.7. The van der Waals surface area contributed by atoms with E-state index in [9.17, 15) is 0 Å². The number of halogens is 2. The highest BCUT2D eigenvalue weighted by atomic mass is 79.9. The third-order valence-electron chi connectivity index (χ3n) is 1.85. The predicted octanol–water partition coefficient (Wildman–Crippen LogP) is 3.17. The van der Waals surface area contributed by atoms with Gasteiger partial charge in [0, 0.05) is 16.6 Å². The van der Waals surface area contributed by atoms with E-state index in [1.165, 1.54) is 0 Å². The monoisotopic (exact) mass is 277 g/mol. The number of methoxy groups -OCH3 is 1. The Morgan fingerprint density at radius 2 is 2.07 bits per heavy atom. The standard InChI is InChI=1S/C10H13BrClNO/c1-13(2)6-7-9(14-3)5-4-8(11)10(7)12/h4-5H,6H2,1-3H3. The van der Waals surface area contributed by atoms with E-state index in [0.717, 1.165) is 27.4 Å². The van der Waals surface area contributed by atoms with Crippen molar-refractivity contribution in [3.05, 3.63) is 27.2 Å². The molecule has 1 rings (SSSR count). The van der Waals surface area contributed by atoms with Gasteiger partial charge in [-0.1, -0.05) is 11.6 Å². The van der Waals surface area contributed by atoms with Crippen LogP contribution in [0.4, 0.5) is 0 Å². The molecule has 1 aromatic carbocycles. The molecule has 0 bridgehead atoms. The van der Waals surface area contributed by atoms with Gasteiger partial charge in [0.05, 0.1) is 12.1 Å². The molecule has 78 valence electrons. The maximum Gasteiger partial charge on any atom is 0.124 e. The summed E-state index contributed by atoms with van der Waals surface area (Å²) in [5.74, 6) is 0.826. The Hall–Kier alpha value is -0.250. The van der Waals surface area contributed by atoms with Crippen LogP contribution in [0, 0.1) is 0 Å². The van der Waals surface area contributed by atoms with Crippen molar-refractivity contribution in [2.75, 3.05) is 21.2 Å². The molecule has 1 aromatic rings. The first-order chi connectivity index (χ1) is 6.56. The van der Waals surface area contributed by atoms with Gasteiger partial charge >= 0.3 is 0 Å². The van der Waals surface area contributed by atoms with Crippen LogP contribution in [0.25, 0.3) is 0 Å². The van der Waals surface area contributed by atoms with Crippen LogP contribution in [-0.4, -0.2) is 26.1 Å². The van der Waals surface area contributed by atoms with Crippen LogP contribution >= 0.6 is 27.5 Å². The van der Waals surface area contributed by atoms with Crippen molar-refractivity contribution in [2.24, 2.45) is 0 Å². The largest absolute Gasteiger partial charge is 0.496 e. The van der Waals surface area contributed by atoms with Gasteiger partial charge in [-0.05, 0) is 42.2 Å². The molecule has 0 atom stereocenters. The molecule has 0 aromatic heterocycles. The third-order valence-corrected chi connectivity index (χ3v) is 3.17. The number of hydrogen-bond acceptors (Lipinski definition) is 2. The first kappa shape index (κ1) is 11.8. The van der Waals surface area contributed by atoms with E-state index in [2.05, 4.69) is 20.8 Å². The van der Waals surface area contributed by atoms with E-state index in [1.54, 1.807) is 7.11 Å². The van der Waals surface area contributed by atoms with E-state index < -0.39 is 0 Å². The fraction of sp³-hybridized carbons (Fsp3) is 0.400. The SMILES string of the molecule is COc1ccc(Br)c(Cl)c1CN(C)C. The van der Waals surface area contributed by atoms with Crippen molar-refractivity contribution in [2.45, 2.75) is 6.54 Å². The van der Waals surface area contributed by atoms with E-state index in [1.807, 2.05) is 26.2 Å². The lowest BCUT2D eigenvalue weighted by Gasteiger charge is -2.15. The Morgan fingerprint density at radius 1 is 1.43 bits per heavy atom. The second kappa shape index (κ2) is 5.01. The molecule has 0 saturated heterocycles. The van der Waals surface area contributed by atoms with Crippen molar-refractivity contribution >= 4 is 27.5 Å². The minimum absolute atomic E-state index is 0.720. The van der Waals surface area contributed by atoms with Crippen LogP contribution in [0.1, 0.15) is 5.56 Å². The summed E-state index contributed by atoms with van der Waals surface area (Å²) in [5.41, 5.74) is 1.01. The molecule has 0 amide bonds. The lowest BCUT2D eigenvalue weighted by atomic mass is 10.2. The van der Waals surface area contributed by atoms with Gasteiger partial charge < -0.3 is 9.64 Å². The van der Waals surface area contributed by atoms with Gasteiger partial charge in [-0.25, -0.2) is 0 Å². The zero-order valence-electron chi connectivity index (χ0n) is 8.47. The molecule has 0 aliphatic carbocycles. The molecule has 0 radical (unpaired) electrons. The van der Waals surface area contributed by atoms with E-state index in [0.29, 0.717) is 0 Å². The molecular weight excluding hydrogens is 265 g/mol. The molecule has 4 heteroatoms. The van der Waals surface area contributed by atoms with Crippen molar-refractivity contribution < 1.29 is 4.74 Å². The van der Waals surface area contributed by atoms with Crippen molar-refractivity contribution in [3.63, 3.8) is 0 Å². The fourth-order valence-electron chi connectivity index (χ4n) is 1.23. The second-order valence-corrected chi connectivity index (χ2v) is 4.51. The number of hydrogen-bond donors (Lipinski definition) is 0. The van der Waals surface area contributed by atoms with E-state index in [-0.39, 0.29) is 0 Å². The summed E-state index contributed by atoms with van der Waals surface area (Å²) in [7, 11) is 5.64. The number of nitrogens with zero attached hydrogens (tertiary/aromatic N) is 1. The van der Waals surface area contributed by atoms with Gasteiger partial charge in [-0.3, -0.25) is 0 Å². The molecule has 0 unspecified atom stereocenters. The summed E-state index contributed by atoms with van der Waals surface area (Å²) >= 11 is 9.56. The van der Waals surface area contributed by atoms with Gasteiger partial charge in [-0.2, -0.15) is 0 Å². The van der Waals surface area contributed by atoms with Crippen LogP contribution in [0.3, 0.4) is 0 Å². The third kappa shape index (κ3) is 2.62. The smallest absolute Gasteiger partial charge is 0.124 e. The average molecular weight is 279 g/mol. The van der Waals surface area contributed by atoms with Gasteiger partial charge in [-0.15, -0.1) is 0 Å². The topological polar surface area (TPSA) is 12.5 Å². The molecule has 0 spiro atoms. The van der Waals surface area contributed by atoms with Gasteiger partial charge in [0.15, 0.2) is 0 Å². The van der Waals surface area contributed by atoms with Crippen molar-refractivity contribution in [1.82, 2.24) is 4.90 Å². The lowest BCUT2D eigenvalue weighted by Crippen LogP contribution is -2.12. The Bertz CT molecular complexity index is 328. The van der Waals surface area contributed by atoms with Gasteiger partial charge in [0.2, 0.25) is 0 Å². The molecule has 14 heavy (non-hydrogen) atoms. The van der Waals surface area contributed by atoms with E-state index >= 15 is 0 Å². The number of rotatable bonds is 3. The van der Waals surface area contributed by atoms with Crippen LogP contribution in [0.5, 0.6) is 5.75 Å². The van der Waals surface area contributed by atoms with Crippen LogP contribution < -0.4 is 4.74 Å². The van der Waals surface area contributed by atoms with Gasteiger partial charge in [0.25, 0.3) is 0 Å². The van der Waals surface area contributed by atoms with Crippen molar-refractivity contribution in [1.29, 1.82) is 0 Å². The Kier molecular flexibility index (Phi) is 4.23. The quantitative estimate of drug-likeness (QED) is 0.842. The van der Waals surface area contributed by atoms with Crippen LogP contribution in [-0.2, 0) is 6.54 Å². The highest BCUT2D eigenvalue weighted by molar-refractivity contribution is 9.10. The van der Waals surface area contributed by atoms with Crippen LogP contribution in [0.15, 0.2) is 16.6 Å². The predicted molar refractivity (Wildman–Crippen MR) is 63.1 cm³/mol. The Balaban J connectivity index is 3.14. The first-order valence-electron chi connectivity index (χ1n) is 4.22. The maximum atomic E-state index is 6.17. The molecule has 0 aliphatic heterocycles. The summed E-state index contributed by atoms with van der Waals surface area (Å²) in [5, 5.41) is 0.720. The summed E-state index contributed by atoms with van der Waals surface area (Å²) in [6.45, 7) is 0.765. The molecular formula is C10H13BrClNO. The Labute approximate surface area is 97.9 Å². The highest BCUT2D eigenvalue weighted by Gasteiger charge is 2.11. The zero-order valence-corrected chi connectivity index (χ0v) is 10.8. The minimum Gasteiger partial charge on any atom is -0.496 e. The lowest BCUT2D eigenvalue weighted by molar-refractivity contribution is 0.372. The summed E-state index contributed by atoms with van der Waals surface area (Å²) < 4.78 is 6.15. The fourth-order valence-corrected chi connectivity index (χ4v) is 1.82. The molecule has 0 fully saturated rings. The average Bonchev–Trinajstić information content (AvgIpc) is 2.13. The summed E-state index contributed by atoms with van der Waals surface area (Å²) in [6.07, 6.45) is 0. The highest BCUT2D eigenvalue weighted by Crippen LogP contribution is 2.33. The molecule has 0 saturated carbocycles. The molecule has 0 aliphatic rings. The number of ether oxygens (including phenoxy) is 1. The molecule has 2 nitrogen and oxygen atoms in total. The van der Waals surface area contributed by atoms with Crippen LogP contribution in [0.2, 0.25) is 5.02 Å². The first-order valence-corrected chi connectivity index (χ1v) is 5.39. The van der Waals surface area contributed by atoms with E-state index in [4.69, 9.17) is 16.3 Å². The summed E-state index contributed by atoms with van der Waals surface area (Å²) in [6, 6.07) is 3.80. The minimum atomic E-state index is 0.720.